The van der Waals surface area contributed by atoms with Crippen LogP contribution in [0.1, 0.15) is 88.7 Å². The highest BCUT2D eigenvalue weighted by atomic mass is 32.1. The first-order valence-electron chi connectivity index (χ1n) is 14.6. The molecular formula is C37H56N4O5S2. The molecule has 11 heteroatoms. The number of hydrogen-bond donors (Lipinski definition) is 4. The number of rotatable bonds is 7. The molecular weight excluding hydrogens is 645 g/mol. The van der Waals surface area contributed by atoms with Crippen molar-refractivity contribution in [2.24, 2.45) is 5.73 Å². The third kappa shape index (κ3) is 13.0. The maximum Gasteiger partial charge on any atom is 0.257 e. The van der Waals surface area contributed by atoms with Gasteiger partial charge in [0.25, 0.3) is 5.91 Å². The van der Waals surface area contributed by atoms with Crippen molar-refractivity contribution in [3.05, 3.63) is 83.4 Å². The number of amides is 1. The maximum atomic E-state index is 12.2. The number of benzene rings is 3. The number of hydrogen-bond acceptors (Lipinski definition) is 7. The predicted octanol–water partition coefficient (Wildman–Crippen LogP) is 8.51. The van der Waals surface area contributed by atoms with E-state index in [0.29, 0.717) is 23.1 Å². The first kappa shape index (κ1) is 44.2. The molecule has 9 nitrogen and oxygen atoms in total. The quantitative estimate of drug-likeness (QED) is 0.179. The smallest absolute Gasteiger partial charge is 0.257 e. The molecule has 0 unspecified atom stereocenters. The zero-order valence-electron chi connectivity index (χ0n) is 25.1. The van der Waals surface area contributed by atoms with Gasteiger partial charge in [-0.05, 0) is 109 Å². The summed E-state index contributed by atoms with van der Waals surface area (Å²) in [6.45, 7) is 3.22. The molecule has 0 aromatic heterocycles. The molecule has 2 aliphatic rings. The molecule has 1 amide bonds. The molecule has 0 radical (unpaired) electrons. The van der Waals surface area contributed by atoms with E-state index < -0.39 is 0 Å². The molecule has 0 spiro atoms. The summed E-state index contributed by atoms with van der Waals surface area (Å²) in [7, 11) is 3.24. The molecule has 2 saturated heterocycles. The second-order valence-corrected chi connectivity index (χ2v) is 11.3. The van der Waals surface area contributed by atoms with Gasteiger partial charge in [0, 0.05) is 32.0 Å². The summed E-state index contributed by atoms with van der Waals surface area (Å²) in [6.07, 6.45) is 4.11. The number of carbonyl (C=O) groups is 1. The molecule has 0 bridgehead atoms. The third-order valence-corrected chi connectivity index (χ3v) is 7.91. The second-order valence-electron chi connectivity index (χ2n) is 10.5. The lowest BCUT2D eigenvalue weighted by atomic mass is 9.91. The van der Waals surface area contributed by atoms with Gasteiger partial charge in [0.2, 0.25) is 0 Å². The zero-order valence-corrected chi connectivity index (χ0v) is 26.7. The van der Waals surface area contributed by atoms with E-state index in [0.717, 1.165) is 69.2 Å². The summed E-state index contributed by atoms with van der Waals surface area (Å²) in [4.78, 5) is 12.2. The molecule has 5 N–H and O–H groups in total. The van der Waals surface area contributed by atoms with E-state index >= 15 is 0 Å². The molecule has 2 aliphatic heterocycles. The molecule has 0 saturated carbocycles. The van der Waals surface area contributed by atoms with Gasteiger partial charge in [0.05, 0.1) is 25.6 Å². The highest BCUT2D eigenvalue weighted by Crippen LogP contribution is 2.34. The summed E-state index contributed by atoms with van der Waals surface area (Å²) >= 11 is 10.2. The van der Waals surface area contributed by atoms with Crippen LogP contribution in [0.3, 0.4) is 0 Å². The van der Waals surface area contributed by atoms with Crippen LogP contribution in [-0.2, 0) is 9.47 Å². The summed E-state index contributed by atoms with van der Waals surface area (Å²) in [5.74, 6) is 2.18. The van der Waals surface area contributed by atoms with Gasteiger partial charge in [0.1, 0.15) is 11.5 Å². The van der Waals surface area contributed by atoms with Gasteiger partial charge in [-0.1, -0.05) is 60.0 Å². The number of anilines is 2. The molecule has 266 valence electrons. The fraction of sp³-hybridized carbons (Fsp3) is 0.432. The van der Waals surface area contributed by atoms with Crippen LogP contribution in [0.15, 0.2) is 66.7 Å². The average molecular weight is 701 g/mol. The highest BCUT2D eigenvalue weighted by Gasteiger charge is 2.19. The highest BCUT2D eigenvalue weighted by molar-refractivity contribution is 7.80. The Hall–Kier alpha value is -3.77. The molecule has 3 aromatic rings. The van der Waals surface area contributed by atoms with Crippen LogP contribution in [0.25, 0.3) is 0 Å². The van der Waals surface area contributed by atoms with Crippen molar-refractivity contribution >= 4 is 51.9 Å². The van der Waals surface area contributed by atoms with E-state index in [4.69, 9.17) is 49.1 Å². The molecule has 2 heterocycles. The van der Waals surface area contributed by atoms with E-state index in [1.165, 1.54) is 11.1 Å². The number of methoxy groups -OCH3 is 2. The Morgan fingerprint density at radius 2 is 1.15 bits per heavy atom. The minimum atomic E-state index is -0.248. The SMILES string of the molecule is C.C.C.C.COc1ccc(C2CCOCC2)cc1NC(=S)NC(=O)c1ccccc1.COc1ccc(C2CCOCC2)cc1NC(N)=S. The molecule has 48 heavy (non-hydrogen) atoms. The fourth-order valence-corrected chi connectivity index (χ4v) is 5.58. The van der Waals surface area contributed by atoms with E-state index in [1.807, 2.05) is 36.4 Å². The van der Waals surface area contributed by atoms with E-state index in [-0.39, 0.29) is 45.8 Å². The van der Waals surface area contributed by atoms with Crippen LogP contribution in [0.2, 0.25) is 0 Å². The number of thiocarbonyl (C=S) groups is 2. The lowest BCUT2D eigenvalue weighted by molar-refractivity contribution is 0.0852. The number of carbonyl (C=O) groups excluding carboxylic acids is 1. The van der Waals surface area contributed by atoms with Crippen molar-refractivity contribution in [1.29, 1.82) is 0 Å². The van der Waals surface area contributed by atoms with Crippen LogP contribution < -0.4 is 31.2 Å². The van der Waals surface area contributed by atoms with Crippen molar-refractivity contribution in [3.8, 4) is 11.5 Å². The molecule has 0 atom stereocenters. The first-order valence-corrected chi connectivity index (χ1v) is 15.4. The Morgan fingerprint density at radius 1 is 0.708 bits per heavy atom. The van der Waals surface area contributed by atoms with Crippen LogP contribution in [-0.4, -0.2) is 56.8 Å². The van der Waals surface area contributed by atoms with Crippen LogP contribution in [0.5, 0.6) is 11.5 Å². The van der Waals surface area contributed by atoms with Gasteiger partial charge in [-0.2, -0.15) is 0 Å². The monoisotopic (exact) mass is 700 g/mol. The predicted molar refractivity (Wildman–Crippen MR) is 209 cm³/mol. The van der Waals surface area contributed by atoms with Crippen LogP contribution in [0, 0.1) is 0 Å². The van der Waals surface area contributed by atoms with Crippen molar-refractivity contribution in [3.63, 3.8) is 0 Å². The Kier molecular flexibility index (Phi) is 21.0. The van der Waals surface area contributed by atoms with Crippen molar-refractivity contribution in [2.45, 2.75) is 67.2 Å². The Bertz CT molecular complexity index is 1410. The lowest BCUT2D eigenvalue weighted by Crippen LogP contribution is -2.34. The van der Waals surface area contributed by atoms with Gasteiger partial charge in [-0.3, -0.25) is 10.1 Å². The minimum absolute atomic E-state index is 0. The topological polar surface area (TPSA) is 116 Å². The average Bonchev–Trinajstić information content (AvgIpc) is 3.06. The van der Waals surface area contributed by atoms with Gasteiger partial charge in [0.15, 0.2) is 10.2 Å². The molecule has 3 aromatic carbocycles. The Labute approximate surface area is 299 Å². The standard InChI is InChI=1S/C20H22N2O3S.C13H18N2O2S.4CH4/c1-24-18-8-7-16(14-9-11-25-12-10-14)13-17(18)21-20(26)22-19(23)15-5-3-2-4-6-15;1-16-12-3-2-10(8-11(12)15-13(14)18)9-4-6-17-7-5-9;;;;/h2-8,13-14H,9-12H2,1H3,(H2,21,22,23,26);2-3,8-9H,4-7H2,1H3,(H3,14,15,18);4*1H4. The second kappa shape index (κ2) is 22.7. The fourth-order valence-electron chi connectivity index (χ4n) is 5.27. The van der Waals surface area contributed by atoms with Crippen molar-refractivity contribution < 1.29 is 23.7 Å². The zero-order chi connectivity index (χ0) is 31.3. The van der Waals surface area contributed by atoms with E-state index in [1.54, 1.807) is 26.4 Å². The first-order chi connectivity index (χ1) is 21.4. The van der Waals surface area contributed by atoms with Gasteiger partial charge in [-0.25, -0.2) is 0 Å². The Morgan fingerprint density at radius 3 is 1.56 bits per heavy atom. The maximum absolute atomic E-state index is 12.2. The van der Waals surface area contributed by atoms with Gasteiger partial charge < -0.3 is 35.3 Å². The normalized spacial score (nSPS) is 14.0. The third-order valence-electron chi connectivity index (χ3n) is 7.60. The summed E-state index contributed by atoms with van der Waals surface area (Å²) in [6, 6.07) is 21.1. The van der Waals surface area contributed by atoms with Crippen molar-refractivity contribution in [2.75, 3.05) is 51.3 Å². The lowest BCUT2D eigenvalue weighted by Gasteiger charge is -2.23. The van der Waals surface area contributed by atoms with Gasteiger partial charge in [-0.15, -0.1) is 0 Å². The largest absolute Gasteiger partial charge is 0.495 e. The van der Waals surface area contributed by atoms with E-state index in [2.05, 4.69) is 34.1 Å². The Balaban J connectivity index is 0.000000896. The number of nitrogens with one attached hydrogen (secondary N) is 3. The number of ether oxygens (including phenoxy) is 4. The van der Waals surface area contributed by atoms with E-state index in [9.17, 15) is 4.79 Å². The van der Waals surface area contributed by atoms with Crippen LogP contribution in [0.4, 0.5) is 11.4 Å². The molecule has 0 aliphatic carbocycles. The minimum Gasteiger partial charge on any atom is -0.495 e. The van der Waals surface area contributed by atoms with Gasteiger partial charge >= 0.3 is 0 Å². The molecule has 2 fully saturated rings. The summed E-state index contributed by atoms with van der Waals surface area (Å²) in [5, 5.41) is 9.23. The number of nitrogens with two attached hydrogens (primary N) is 1. The molecule has 5 rings (SSSR count). The van der Waals surface area contributed by atoms with Crippen molar-refractivity contribution in [1.82, 2.24) is 5.32 Å². The van der Waals surface area contributed by atoms with Crippen LogP contribution >= 0.6 is 24.4 Å². The summed E-state index contributed by atoms with van der Waals surface area (Å²) in [5.41, 5.74) is 10.1. The summed E-state index contributed by atoms with van der Waals surface area (Å²) < 4.78 is 21.5.